The third kappa shape index (κ3) is 3.40. The lowest BCUT2D eigenvalue weighted by Gasteiger charge is -2.46. The van der Waals surface area contributed by atoms with Gasteiger partial charge in [0.25, 0.3) is 5.69 Å². The van der Waals surface area contributed by atoms with E-state index in [4.69, 9.17) is 0 Å². The second-order valence-electron chi connectivity index (χ2n) is 7.40. The topological polar surface area (TPSA) is 111 Å². The number of hydrogen-bond donors (Lipinski definition) is 1. The molecular formula is C18H24N4O4. The Labute approximate surface area is 152 Å². The number of hydrogen-bond acceptors (Lipinski definition) is 6. The van der Waals surface area contributed by atoms with Crippen molar-refractivity contribution in [2.45, 2.75) is 58.3 Å². The molecule has 0 aliphatic heterocycles. The Morgan fingerprint density at radius 3 is 2.50 bits per heavy atom. The summed E-state index contributed by atoms with van der Waals surface area (Å²) in [6.07, 6.45) is 9.06. The predicted octanol–water partition coefficient (Wildman–Crippen LogP) is 5.04. The molecule has 140 valence electrons. The highest BCUT2D eigenvalue weighted by molar-refractivity contribution is 5.92. The second kappa shape index (κ2) is 7.39. The van der Waals surface area contributed by atoms with Crippen LogP contribution in [0.25, 0.3) is 0 Å². The molecule has 1 atom stereocenters. The molecule has 0 saturated heterocycles. The molecule has 1 N–H and O–H groups in total. The number of nitrogens with zero attached hydrogens (tertiary/aromatic N) is 3. The van der Waals surface area contributed by atoms with Crippen LogP contribution in [0.5, 0.6) is 0 Å². The Balaban J connectivity index is 1.90. The van der Waals surface area contributed by atoms with E-state index in [-0.39, 0.29) is 22.5 Å². The van der Waals surface area contributed by atoms with E-state index in [1.165, 1.54) is 37.8 Å². The molecule has 0 aromatic heterocycles. The van der Waals surface area contributed by atoms with E-state index >= 15 is 0 Å². The van der Waals surface area contributed by atoms with E-state index in [1.807, 2.05) is 0 Å². The Kier molecular flexibility index (Phi) is 5.20. The Hall–Kier alpha value is -2.51. The smallest absolute Gasteiger partial charge is 0.272 e. The minimum Gasteiger partial charge on any atom is -0.272 e. The molecule has 8 nitrogen and oxygen atoms in total. The van der Waals surface area contributed by atoms with Crippen molar-refractivity contribution < 1.29 is 9.85 Å². The van der Waals surface area contributed by atoms with Gasteiger partial charge in [-0.05, 0) is 44.1 Å². The number of non-ortho nitro benzene ring substituents is 1. The van der Waals surface area contributed by atoms with Crippen molar-refractivity contribution in [3.63, 3.8) is 0 Å². The van der Waals surface area contributed by atoms with Gasteiger partial charge in [-0.25, -0.2) is 0 Å². The third-order valence-electron chi connectivity index (χ3n) is 6.01. The van der Waals surface area contributed by atoms with Crippen LogP contribution in [0, 0.1) is 31.6 Å². The summed E-state index contributed by atoms with van der Waals surface area (Å²) in [5.41, 5.74) is 3.61. The fraction of sp³-hybridized carbons (Fsp3) is 0.611. The van der Waals surface area contributed by atoms with Crippen molar-refractivity contribution in [3.05, 3.63) is 38.4 Å². The van der Waals surface area contributed by atoms with Crippen molar-refractivity contribution in [1.29, 1.82) is 0 Å². The number of hydrazone groups is 1. The number of nitro benzene ring substituents is 2. The van der Waals surface area contributed by atoms with Crippen molar-refractivity contribution in [2.24, 2.45) is 16.4 Å². The van der Waals surface area contributed by atoms with E-state index in [0.29, 0.717) is 5.92 Å². The first kappa shape index (κ1) is 18.3. The minimum absolute atomic E-state index is 0.0963. The summed E-state index contributed by atoms with van der Waals surface area (Å²) in [5.74, 6) is 0.559. The van der Waals surface area contributed by atoms with Gasteiger partial charge in [0.2, 0.25) is 0 Å². The molecule has 26 heavy (non-hydrogen) atoms. The lowest BCUT2D eigenvalue weighted by molar-refractivity contribution is -0.393. The average molecular weight is 360 g/mol. The van der Waals surface area contributed by atoms with Gasteiger partial charge in [0.15, 0.2) is 0 Å². The zero-order chi connectivity index (χ0) is 18.7. The summed E-state index contributed by atoms with van der Waals surface area (Å²) in [5, 5.41) is 26.7. The van der Waals surface area contributed by atoms with Gasteiger partial charge in [-0.3, -0.25) is 25.7 Å². The van der Waals surface area contributed by atoms with Gasteiger partial charge in [0.05, 0.1) is 15.9 Å². The van der Waals surface area contributed by atoms with E-state index in [0.717, 1.165) is 37.5 Å². The highest BCUT2D eigenvalue weighted by Crippen LogP contribution is 2.49. The molecule has 0 amide bonds. The van der Waals surface area contributed by atoms with E-state index in [9.17, 15) is 20.2 Å². The third-order valence-corrected chi connectivity index (χ3v) is 6.01. The van der Waals surface area contributed by atoms with Crippen LogP contribution in [0.3, 0.4) is 0 Å². The molecule has 8 heteroatoms. The highest BCUT2D eigenvalue weighted by Gasteiger charge is 2.43. The maximum Gasteiger partial charge on any atom is 0.301 e. The summed E-state index contributed by atoms with van der Waals surface area (Å²) in [4.78, 5) is 20.9. The van der Waals surface area contributed by atoms with E-state index < -0.39 is 9.85 Å². The fourth-order valence-corrected chi connectivity index (χ4v) is 4.52. The number of rotatable bonds is 4. The Morgan fingerprint density at radius 2 is 1.85 bits per heavy atom. The van der Waals surface area contributed by atoms with Crippen LogP contribution in [-0.2, 0) is 0 Å². The molecule has 2 aliphatic rings. The summed E-state index contributed by atoms with van der Waals surface area (Å²) < 4.78 is 0. The summed E-state index contributed by atoms with van der Waals surface area (Å²) in [6, 6.07) is 3.60. The van der Waals surface area contributed by atoms with Crippen LogP contribution < -0.4 is 5.43 Å². The zero-order valence-corrected chi connectivity index (χ0v) is 14.9. The molecule has 1 aromatic carbocycles. The lowest BCUT2D eigenvalue weighted by atomic mass is 9.59. The van der Waals surface area contributed by atoms with Crippen LogP contribution in [-0.4, -0.2) is 15.6 Å². The molecule has 2 saturated carbocycles. The molecule has 2 aliphatic carbocycles. The van der Waals surface area contributed by atoms with Gasteiger partial charge in [0.1, 0.15) is 5.69 Å². The SMILES string of the molecule is CC1CCC/C(=N\Nc2ccc([N+](=O)[O-])cc2[N+](=O)[O-])C12CCCCC2. The fourth-order valence-electron chi connectivity index (χ4n) is 4.52. The van der Waals surface area contributed by atoms with Gasteiger partial charge < -0.3 is 0 Å². The summed E-state index contributed by atoms with van der Waals surface area (Å²) in [6.45, 7) is 2.29. The molecule has 1 unspecified atom stereocenters. The van der Waals surface area contributed by atoms with Crippen molar-refractivity contribution in [3.8, 4) is 0 Å². The van der Waals surface area contributed by atoms with Gasteiger partial charge in [-0.15, -0.1) is 0 Å². The van der Waals surface area contributed by atoms with Crippen LogP contribution in [0.4, 0.5) is 17.1 Å². The number of anilines is 1. The first-order valence-electron chi connectivity index (χ1n) is 9.20. The molecule has 0 radical (unpaired) electrons. The van der Waals surface area contributed by atoms with Crippen LogP contribution >= 0.6 is 0 Å². The Bertz CT molecular complexity index is 741. The Morgan fingerprint density at radius 1 is 1.12 bits per heavy atom. The lowest BCUT2D eigenvalue weighted by Crippen LogP contribution is -2.42. The van der Waals surface area contributed by atoms with Crippen molar-refractivity contribution in [2.75, 3.05) is 5.43 Å². The molecule has 2 fully saturated rings. The van der Waals surface area contributed by atoms with Gasteiger partial charge in [-0.2, -0.15) is 5.10 Å². The molecule has 3 rings (SSSR count). The van der Waals surface area contributed by atoms with E-state index in [2.05, 4.69) is 17.5 Å². The van der Waals surface area contributed by atoms with Crippen LogP contribution in [0.15, 0.2) is 23.3 Å². The molecule has 1 aromatic rings. The molecular weight excluding hydrogens is 336 g/mol. The maximum absolute atomic E-state index is 11.3. The number of nitrogens with one attached hydrogen (secondary N) is 1. The van der Waals surface area contributed by atoms with E-state index in [1.54, 1.807) is 0 Å². The van der Waals surface area contributed by atoms with Gasteiger partial charge >= 0.3 is 5.69 Å². The highest BCUT2D eigenvalue weighted by atomic mass is 16.6. The van der Waals surface area contributed by atoms with Gasteiger partial charge in [0, 0.05) is 17.2 Å². The standard InChI is InChI=1S/C18H24N4O4/c1-13-6-5-7-17(18(13)10-3-2-4-11-18)20-19-15-9-8-14(21(23)24)12-16(15)22(25)26/h8-9,12-13,19H,2-7,10-11H2,1H3/b20-17+. The average Bonchev–Trinajstić information content (AvgIpc) is 2.63. The van der Waals surface area contributed by atoms with Crippen LogP contribution in [0.1, 0.15) is 58.3 Å². The maximum atomic E-state index is 11.3. The summed E-state index contributed by atoms with van der Waals surface area (Å²) in [7, 11) is 0. The van der Waals surface area contributed by atoms with Crippen molar-refractivity contribution in [1.82, 2.24) is 0 Å². The quantitative estimate of drug-likeness (QED) is 0.597. The first-order chi connectivity index (χ1) is 12.4. The second-order valence-corrected chi connectivity index (χ2v) is 7.40. The minimum atomic E-state index is -0.636. The molecule has 1 spiro atoms. The zero-order valence-electron chi connectivity index (χ0n) is 14.9. The first-order valence-corrected chi connectivity index (χ1v) is 9.20. The largest absolute Gasteiger partial charge is 0.301 e. The number of nitro groups is 2. The molecule has 0 heterocycles. The summed E-state index contributed by atoms with van der Waals surface area (Å²) >= 11 is 0. The normalized spacial score (nSPS) is 23.7. The number of benzene rings is 1. The molecule has 0 bridgehead atoms. The predicted molar refractivity (Wildman–Crippen MR) is 99.3 cm³/mol. The van der Waals surface area contributed by atoms with Crippen molar-refractivity contribution >= 4 is 22.8 Å². The monoisotopic (exact) mass is 360 g/mol. The van der Waals surface area contributed by atoms with Crippen LogP contribution in [0.2, 0.25) is 0 Å². The van der Waals surface area contributed by atoms with Gasteiger partial charge in [-0.1, -0.05) is 26.2 Å².